The Kier molecular flexibility index (Phi) is 7.97. The van der Waals surface area contributed by atoms with Crippen LogP contribution in [0.5, 0.6) is 0 Å². The first-order chi connectivity index (χ1) is 9.90. The van der Waals surface area contributed by atoms with Gasteiger partial charge >= 0.3 is 0 Å². The first-order valence-electron chi connectivity index (χ1n) is 7.53. The van der Waals surface area contributed by atoms with Gasteiger partial charge in [-0.3, -0.25) is 0 Å². The minimum Gasteiger partial charge on any atom is -0.381 e. The molecule has 2 aliphatic rings. The van der Waals surface area contributed by atoms with Crippen molar-refractivity contribution in [3.8, 4) is 0 Å². The molecule has 2 rings (SSSR count). The van der Waals surface area contributed by atoms with Gasteiger partial charge < -0.3 is 26.0 Å². The molecule has 0 spiro atoms. The standard InChI is InChI=1S/C8H18N2O.C6H12F2N2/c1-6(11-3)7-4-10(2)5-8(7)9;1-9-5-3-10-2-4(5)6(7)8/h6-8H,4-5,9H2,1-3H3;4-6,9-10H,2-3H2,1H3. The maximum atomic E-state index is 12.1. The molecule has 5 unspecified atom stereocenters. The summed E-state index contributed by atoms with van der Waals surface area (Å²) >= 11 is 0. The molecule has 0 bridgehead atoms. The van der Waals surface area contributed by atoms with Crippen LogP contribution in [-0.4, -0.2) is 76.9 Å². The zero-order valence-corrected chi connectivity index (χ0v) is 13.5. The van der Waals surface area contributed by atoms with Crippen molar-refractivity contribution >= 4 is 0 Å². The van der Waals surface area contributed by atoms with Crippen molar-refractivity contribution < 1.29 is 13.5 Å². The lowest BCUT2D eigenvalue weighted by Gasteiger charge is -2.20. The number of likely N-dealkylation sites (tertiary alicyclic amines) is 1. The SMILES string of the molecule is CNC1CNCC1C(F)F.COC(C)C1CN(C)CC1N. The van der Waals surface area contributed by atoms with Crippen LogP contribution in [0.3, 0.4) is 0 Å². The predicted octanol–water partition coefficient (Wildman–Crippen LogP) is -0.0309. The summed E-state index contributed by atoms with van der Waals surface area (Å²) < 4.78 is 29.4. The van der Waals surface area contributed by atoms with Gasteiger partial charge in [-0.1, -0.05) is 0 Å². The first kappa shape index (κ1) is 18.7. The maximum absolute atomic E-state index is 12.1. The molecular formula is C14H30F2N4O. The molecule has 5 atom stereocenters. The van der Waals surface area contributed by atoms with E-state index >= 15 is 0 Å². The monoisotopic (exact) mass is 308 g/mol. The van der Waals surface area contributed by atoms with Crippen LogP contribution >= 0.6 is 0 Å². The molecule has 5 nitrogen and oxygen atoms in total. The van der Waals surface area contributed by atoms with Gasteiger partial charge in [-0.05, 0) is 21.0 Å². The molecule has 7 heteroatoms. The van der Waals surface area contributed by atoms with Gasteiger partial charge in [0.05, 0.1) is 6.10 Å². The summed E-state index contributed by atoms with van der Waals surface area (Å²) in [6.07, 6.45) is -1.91. The third kappa shape index (κ3) is 5.41. The van der Waals surface area contributed by atoms with Gasteiger partial charge in [0, 0.05) is 57.2 Å². The Labute approximate surface area is 126 Å². The molecule has 21 heavy (non-hydrogen) atoms. The van der Waals surface area contributed by atoms with Crippen LogP contribution in [0.15, 0.2) is 0 Å². The van der Waals surface area contributed by atoms with Gasteiger partial charge in [0.15, 0.2) is 0 Å². The lowest BCUT2D eigenvalue weighted by Crippen LogP contribution is -2.36. The van der Waals surface area contributed by atoms with E-state index in [0.717, 1.165) is 13.1 Å². The molecule has 0 aliphatic carbocycles. The summed E-state index contributed by atoms with van der Waals surface area (Å²) in [5.74, 6) is -0.00463. The predicted molar refractivity (Wildman–Crippen MR) is 80.6 cm³/mol. The van der Waals surface area contributed by atoms with E-state index in [4.69, 9.17) is 10.5 Å². The number of halogens is 2. The van der Waals surface area contributed by atoms with E-state index in [-0.39, 0.29) is 18.2 Å². The Balaban J connectivity index is 0.000000211. The normalized spacial score (nSPS) is 34.9. The number of hydrogen-bond acceptors (Lipinski definition) is 5. The lowest BCUT2D eigenvalue weighted by molar-refractivity contribution is 0.0658. The van der Waals surface area contributed by atoms with Crippen molar-refractivity contribution in [2.75, 3.05) is 47.4 Å². The van der Waals surface area contributed by atoms with Crippen molar-refractivity contribution in [2.24, 2.45) is 17.6 Å². The van der Waals surface area contributed by atoms with Gasteiger partial charge in [-0.25, -0.2) is 8.78 Å². The molecule has 2 fully saturated rings. The van der Waals surface area contributed by atoms with E-state index < -0.39 is 12.3 Å². The van der Waals surface area contributed by atoms with Crippen LogP contribution in [0.1, 0.15) is 6.92 Å². The van der Waals surface area contributed by atoms with Crippen molar-refractivity contribution in [2.45, 2.75) is 31.5 Å². The number of ether oxygens (including phenoxy) is 1. The number of rotatable bonds is 4. The smallest absolute Gasteiger partial charge is 0.244 e. The van der Waals surface area contributed by atoms with E-state index in [1.54, 1.807) is 14.2 Å². The summed E-state index contributed by atoms with van der Waals surface area (Å²) in [6, 6.07) is 0.231. The summed E-state index contributed by atoms with van der Waals surface area (Å²) in [7, 11) is 5.56. The fraction of sp³-hybridized carbons (Fsp3) is 1.00. The third-order valence-corrected chi connectivity index (χ3v) is 4.53. The second-order valence-corrected chi connectivity index (χ2v) is 6.04. The fourth-order valence-corrected chi connectivity index (χ4v) is 3.02. The molecule has 0 aromatic heterocycles. The zero-order chi connectivity index (χ0) is 16.0. The number of nitrogens with one attached hydrogen (secondary N) is 2. The molecule has 126 valence electrons. The van der Waals surface area contributed by atoms with Crippen LogP contribution in [0.25, 0.3) is 0 Å². The number of hydrogen-bond donors (Lipinski definition) is 3. The maximum Gasteiger partial charge on any atom is 0.244 e. The summed E-state index contributed by atoms with van der Waals surface area (Å²) in [5, 5.41) is 5.76. The summed E-state index contributed by atoms with van der Waals surface area (Å²) in [6.45, 7) is 5.24. The molecule has 2 aliphatic heterocycles. The average molecular weight is 308 g/mol. The highest BCUT2D eigenvalue weighted by molar-refractivity contribution is 4.88. The van der Waals surface area contributed by atoms with Crippen molar-refractivity contribution in [3.05, 3.63) is 0 Å². The van der Waals surface area contributed by atoms with Gasteiger partial charge in [-0.15, -0.1) is 0 Å². The molecular weight excluding hydrogens is 278 g/mol. The topological polar surface area (TPSA) is 62.5 Å². The largest absolute Gasteiger partial charge is 0.381 e. The Morgan fingerprint density at radius 3 is 2.33 bits per heavy atom. The zero-order valence-electron chi connectivity index (χ0n) is 13.5. The molecule has 0 amide bonds. The fourth-order valence-electron chi connectivity index (χ4n) is 3.02. The van der Waals surface area contributed by atoms with Crippen LogP contribution < -0.4 is 16.4 Å². The molecule has 0 aromatic carbocycles. The quantitative estimate of drug-likeness (QED) is 0.681. The van der Waals surface area contributed by atoms with Crippen LogP contribution in [0.2, 0.25) is 0 Å². The highest BCUT2D eigenvalue weighted by atomic mass is 19.3. The van der Waals surface area contributed by atoms with Crippen LogP contribution in [-0.2, 0) is 4.74 Å². The Hall–Kier alpha value is -0.340. The Bertz CT molecular complexity index is 292. The van der Waals surface area contributed by atoms with E-state index in [0.29, 0.717) is 19.0 Å². The molecule has 4 N–H and O–H groups in total. The van der Waals surface area contributed by atoms with Gasteiger partial charge in [0.25, 0.3) is 0 Å². The van der Waals surface area contributed by atoms with Crippen molar-refractivity contribution in [1.29, 1.82) is 0 Å². The van der Waals surface area contributed by atoms with Gasteiger partial charge in [-0.2, -0.15) is 0 Å². The van der Waals surface area contributed by atoms with Gasteiger partial charge in [0.2, 0.25) is 6.43 Å². The molecule has 2 heterocycles. The minimum atomic E-state index is -2.20. The van der Waals surface area contributed by atoms with E-state index in [2.05, 4.69) is 29.5 Å². The second kappa shape index (κ2) is 8.95. The lowest BCUT2D eigenvalue weighted by atomic mass is 9.99. The van der Waals surface area contributed by atoms with Crippen molar-refractivity contribution in [1.82, 2.24) is 15.5 Å². The van der Waals surface area contributed by atoms with E-state index in [1.165, 1.54) is 0 Å². The average Bonchev–Trinajstić information content (AvgIpc) is 3.04. The number of alkyl halides is 2. The number of likely N-dealkylation sites (N-methyl/N-ethyl adjacent to an activating group) is 2. The van der Waals surface area contributed by atoms with E-state index in [1.807, 2.05) is 0 Å². The minimum absolute atomic E-state index is 0.0556. The van der Waals surface area contributed by atoms with Crippen molar-refractivity contribution in [3.63, 3.8) is 0 Å². The van der Waals surface area contributed by atoms with Gasteiger partial charge in [0.1, 0.15) is 0 Å². The third-order valence-electron chi connectivity index (χ3n) is 4.53. The summed E-state index contributed by atoms with van der Waals surface area (Å²) in [5.41, 5.74) is 5.92. The highest BCUT2D eigenvalue weighted by Gasteiger charge is 2.33. The van der Waals surface area contributed by atoms with E-state index in [9.17, 15) is 8.78 Å². The van der Waals surface area contributed by atoms with Crippen LogP contribution in [0.4, 0.5) is 8.78 Å². The molecule has 0 aromatic rings. The number of nitrogens with two attached hydrogens (primary N) is 1. The Morgan fingerprint density at radius 2 is 1.95 bits per heavy atom. The summed E-state index contributed by atoms with van der Waals surface area (Å²) in [4.78, 5) is 2.25. The first-order valence-corrected chi connectivity index (χ1v) is 7.53. The second-order valence-electron chi connectivity index (χ2n) is 6.04. The van der Waals surface area contributed by atoms with Crippen LogP contribution in [0, 0.1) is 11.8 Å². The molecule has 0 radical (unpaired) electrons. The molecule has 0 saturated carbocycles. The highest BCUT2D eigenvalue weighted by Crippen LogP contribution is 2.19. The molecule has 2 saturated heterocycles. The number of methoxy groups -OCH3 is 1. The number of nitrogens with zero attached hydrogens (tertiary/aromatic N) is 1. The Morgan fingerprint density at radius 1 is 1.29 bits per heavy atom.